The van der Waals surface area contributed by atoms with E-state index < -0.39 is 18.2 Å². The molecule has 0 amide bonds. The summed E-state index contributed by atoms with van der Waals surface area (Å²) in [4.78, 5) is 0. The van der Waals surface area contributed by atoms with Gasteiger partial charge in [-0.1, -0.05) is 12.1 Å². The summed E-state index contributed by atoms with van der Waals surface area (Å²) in [5, 5.41) is 12.0. The molecular formula is C14H12F3NO2. The molecule has 0 aliphatic carbocycles. The minimum atomic E-state index is -2.88. The molecule has 2 N–H and O–H groups in total. The van der Waals surface area contributed by atoms with Gasteiger partial charge in [0.25, 0.3) is 0 Å². The maximum atomic E-state index is 13.1. The van der Waals surface area contributed by atoms with Crippen LogP contribution in [0, 0.1) is 5.82 Å². The van der Waals surface area contributed by atoms with Crippen LogP contribution in [0.5, 0.6) is 11.5 Å². The molecule has 0 aromatic heterocycles. The third-order valence-corrected chi connectivity index (χ3v) is 2.57. The summed E-state index contributed by atoms with van der Waals surface area (Å²) < 4.78 is 41.6. The zero-order valence-electron chi connectivity index (χ0n) is 10.3. The van der Waals surface area contributed by atoms with Gasteiger partial charge in [0.2, 0.25) is 0 Å². The van der Waals surface area contributed by atoms with Crippen molar-refractivity contribution >= 4 is 5.69 Å². The molecule has 106 valence electrons. The van der Waals surface area contributed by atoms with Crippen molar-refractivity contribution in [2.24, 2.45) is 0 Å². The molecular weight excluding hydrogens is 271 g/mol. The van der Waals surface area contributed by atoms with Crippen LogP contribution in [0.15, 0.2) is 42.5 Å². The van der Waals surface area contributed by atoms with Crippen molar-refractivity contribution in [1.29, 1.82) is 0 Å². The first-order valence-electron chi connectivity index (χ1n) is 5.81. The van der Waals surface area contributed by atoms with Crippen molar-refractivity contribution in [3.05, 3.63) is 53.8 Å². The highest BCUT2D eigenvalue weighted by molar-refractivity contribution is 5.48. The van der Waals surface area contributed by atoms with Crippen LogP contribution in [0.2, 0.25) is 0 Å². The maximum Gasteiger partial charge on any atom is 0.387 e. The smallest absolute Gasteiger partial charge is 0.387 e. The van der Waals surface area contributed by atoms with Crippen LogP contribution < -0.4 is 10.1 Å². The molecule has 0 bridgehead atoms. The van der Waals surface area contributed by atoms with Crippen LogP contribution in [0.1, 0.15) is 5.56 Å². The molecule has 0 spiro atoms. The lowest BCUT2D eigenvalue weighted by Gasteiger charge is -2.09. The van der Waals surface area contributed by atoms with E-state index in [1.807, 2.05) is 0 Å². The van der Waals surface area contributed by atoms with E-state index in [-0.39, 0.29) is 12.3 Å². The van der Waals surface area contributed by atoms with Crippen LogP contribution in [0.3, 0.4) is 0 Å². The van der Waals surface area contributed by atoms with Gasteiger partial charge >= 0.3 is 6.61 Å². The maximum absolute atomic E-state index is 13.1. The van der Waals surface area contributed by atoms with Crippen molar-refractivity contribution in [2.45, 2.75) is 13.2 Å². The number of ether oxygens (including phenoxy) is 1. The molecule has 3 nitrogen and oxygen atoms in total. The number of halogens is 3. The van der Waals surface area contributed by atoms with Crippen molar-refractivity contribution in [3.8, 4) is 11.5 Å². The molecule has 0 atom stereocenters. The molecule has 0 unspecified atom stereocenters. The Morgan fingerprint density at radius 3 is 2.65 bits per heavy atom. The van der Waals surface area contributed by atoms with Crippen LogP contribution in [-0.4, -0.2) is 11.7 Å². The number of alkyl halides is 2. The summed E-state index contributed by atoms with van der Waals surface area (Å²) >= 11 is 0. The molecule has 0 aliphatic rings. The van der Waals surface area contributed by atoms with Gasteiger partial charge in [-0.15, -0.1) is 0 Å². The summed E-state index contributed by atoms with van der Waals surface area (Å²) in [5.41, 5.74) is 1.18. The summed E-state index contributed by atoms with van der Waals surface area (Å²) in [5.74, 6) is -1.08. The normalized spacial score (nSPS) is 10.6. The number of benzene rings is 2. The summed E-state index contributed by atoms with van der Waals surface area (Å²) in [6, 6.07) is 10.1. The quantitative estimate of drug-likeness (QED) is 0.878. The van der Waals surface area contributed by atoms with E-state index in [1.54, 1.807) is 18.2 Å². The van der Waals surface area contributed by atoms with Gasteiger partial charge < -0.3 is 15.2 Å². The second-order valence-electron chi connectivity index (χ2n) is 4.05. The molecule has 2 aromatic carbocycles. The predicted molar refractivity (Wildman–Crippen MR) is 68.5 cm³/mol. The number of hydrogen-bond donors (Lipinski definition) is 2. The molecule has 6 heteroatoms. The lowest BCUT2D eigenvalue weighted by atomic mass is 10.2. The van der Waals surface area contributed by atoms with Crippen LogP contribution in [-0.2, 0) is 6.54 Å². The number of nitrogens with one attached hydrogen (secondary N) is 1. The van der Waals surface area contributed by atoms with E-state index >= 15 is 0 Å². The van der Waals surface area contributed by atoms with Gasteiger partial charge in [0.15, 0.2) is 11.6 Å². The topological polar surface area (TPSA) is 41.5 Å². The first kappa shape index (κ1) is 14.0. The Bertz CT molecular complexity index is 590. The Morgan fingerprint density at radius 1 is 1.15 bits per heavy atom. The van der Waals surface area contributed by atoms with Crippen molar-refractivity contribution in [2.75, 3.05) is 5.32 Å². The Hall–Kier alpha value is -2.37. The highest BCUT2D eigenvalue weighted by Gasteiger charge is 2.05. The van der Waals surface area contributed by atoms with E-state index in [0.29, 0.717) is 11.3 Å². The van der Waals surface area contributed by atoms with Crippen molar-refractivity contribution in [3.63, 3.8) is 0 Å². The largest absolute Gasteiger partial charge is 0.505 e. The van der Waals surface area contributed by atoms with E-state index in [9.17, 15) is 13.2 Å². The van der Waals surface area contributed by atoms with Crippen molar-refractivity contribution < 1.29 is 23.0 Å². The van der Waals surface area contributed by atoms with Gasteiger partial charge in [0.1, 0.15) is 5.75 Å². The number of anilines is 1. The third kappa shape index (κ3) is 3.81. The Kier molecular flexibility index (Phi) is 4.34. The summed E-state index contributed by atoms with van der Waals surface area (Å²) in [6.07, 6.45) is 0. The Labute approximate surface area is 113 Å². The molecule has 20 heavy (non-hydrogen) atoms. The first-order chi connectivity index (χ1) is 9.54. The van der Waals surface area contributed by atoms with Crippen LogP contribution in [0.25, 0.3) is 0 Å². The minimum Gasteiger partial charge on any atom is -0.505 e. The first-order valence-corrected chi connectivity index (χ1v) is 5.81. The van der Waals surface area contributed by atoms with Crippen LogP contribution >= 0.6 is 0 Å². The molecule has 0 aliphatic heterocycles. The van der Waals surface area contributed by atoms with E-state index in [2.05, 4.69) is 10.1 Å². The summed E-state index contributed by atoms with van der Waals surface area (Å²) in [6.45, 7) is -2.59. The third-order valence-electron chi connectivity index (χ3n) is 2.57. The zero-order chi connectivity index (χ0) is 14.5. The van der Waals surface area contributed by atoms with E-state index in [4.69, 9.17) is 5.11 Å². The molecule has 0 heterocycles. The van der Waals surface area contributed by atoms with E-state index in [1.165, 1.54) is 24.3 Å². The number of aromatic hydroxyl groups is 1. The fraction of sp³-hybridized carbons (Fsp3) is 0.143. The fourth-order valence-corrected chi connectivity index (χ4v) is 1.65. The van der Waals surface area contributed by atoms with Crippen LogP contribution in [0.4, 0.5) is 18.9 Å². The fourth-order valence-electron chi connectivity index (χ4n) is 1.65. The highest BCUT2D eigenvalue weighted by atomic mass is 19.3. The lowest BCUT2D eigenvalue weighted by Crippen LogP contribution is -2.03. The number of hydrogen-bond acceptors (Lipinski definition) is 3. The SMILES string of the molecule is Oc1ccc(CNc2cccc(OC(F)F)c2)cc1F. The molecule has 0 saturated heterocycles. The second-order valence-corrected chi connectivity index (χ2v) is 4.05. The molecule has 2 aromatic rings. The molecule has 2 rings (SSSR count). The van der Waals surface area contributed by atoms with Crippen molar-refractivity contribution in [1.82, 2.24) is 0 Å². The standard InChI is InChI=1S/C14H12F3NO2/c15-12-6-9(4-5-13(12)19)8-18-10-2-1-3-11(7-10)20-14(16)17/h1-7,14,18-19H,8H2. The van der Waals surface area contributed by atoms with E-state index in [0.717, 1.165) is 0 Å². The number of rotatable bonds is 5. The highest BCUT2D eigenvalue weighted by Crippen LogP contribution is 2.21. The lowest BCUT2D eigenvalue weighted by molar-refractivity contribution is -0.0498. The number of phenolic OH excluding ortho intramolecular Hbond substituents is 1. The number of phenols is 1. The van der Waals surface area contributed by atoms with Gasteiger partial charge in [-0.2, -0.15) is 8.78 Å². The monoisotopic (exact) mass is 283 g/mol. The molecule has 0 radical (unpaired) electrons. The van der Waals surface area contributed by atoms with Gasteiger partial charge in [0, 0.05) is 18.3 Å². The summed E-state index contributed by atoms with van der Waals surface area (Å²) in [7, 11) is 0. The Balaban J connectivity index is 2.01. The van der Waals surface area contributed by atoms with Gasteiger partial charge in [-0.05, 0) is 29.8 Å². The van der Waals surface area contributed by atoms with Gasteiger partial charge in [-0.25, -0.2) is 4.39 Å². The average Bonchev–Trinajstić information content (AvgIpc) is 2.40. The average molecular weight is 283 g/mol. The minimum absolute atomic E-state index is 0.0434. The van der Waals surface area contributed by atoms with Gasteiger partial charge in [0.05, 0.1) is 0 Å². The van der Waals surface area contributed by atoms with Gasteiger partial charge in [-0.3, -0.25) is 0 Å². The second kappa shape index (κ2) is 6.18. The molecule has 0 saturated carbocycles. The zero-order valence-corrected chi connectivity index (χ0v) is 10.3. The predicted octanol–water partition coefficient (Wildman–Crippen LogP) is 3.74. The Morgan fingerprint density at radius 2 is 1.95 bits per heavy atom. The molecule has 0 fully saturated rings.